The summed E-state index contributed by atoms with van der Waals surface area (Å²) >= 11 is 1.50. The molecule has 0 aromatic heterocycles. The fourth-order valence-corrected chi connectivity index (χ4v) is 1.90. The number of phenols is 1. The average Bonchev–Trinajstić information content (AvgIpc) is 2.14. The van der Waals surface area contributed by atoms with Gasteiger partial charge in [-0.3, -0.25) is 0 Å². The summed E-state index contributed by atoms with van der Waals surface area (Å²) in [7, 11) is 1.51. The van der Waals surface area contributed by atoms with Crippen LogP contribution in [0, 0.1) is 0 Å². The van der Waals surface area contributed by atoms with Crippen LogP contribution < -0.4 is 4.74 Å². The van der Waals surface area contributed by atoms with Gasteiger partial charge in [0, 0.05) is 10.6 Å². The van der Waals surface area contributed by atoms with E-state index in [-0.39, 0.29) is 5.75 Å². The van der Waals surface area contributed by atoms with Gasteiger partial charge < -0.3 is 14.9 Å². The van der Waals surface area contributed by atoms with Crippen molar-refractivity contribution in [2.75, 3.05) is 12.9 Å². The van der Waals surface area contributed by atoms with E-state index >= 15 is 0 Å². The van der Waals surface area contributed by atoms with Crippen LogP contribution in [0.4, 0.5) is 0 Å². The SMILES string of the molecule is COc1ccc(SCC(C)(C)O)cc1O. The first-order valence-electron chi connectivity index (χ1n) is 4.64. The van der Waals surface area contributed by atoms with E-state index in [0.717, 1.165) is 4.90 Å². The van der Waals surface area contributed by atoms with Gasteiger partial charge in [0.05, 0.1) is 12.7 Å². The van der Waals surface area contributed by atoms with Gasteiger partial charge >= 0.3 is 0 Å². The largest absolute Gasteiger partial charge is 0.504 e. The number of rotatable bonds is 4. The summed E-state index contributed by atoms with van der Waals surface area (Å²) in [5.41, 5.74) is -0.708. The molecule has 15 heavy (non-hydrogen) atoms. The van der Waals surface area contributed by atoms with Crippen LogP contribution in [0.3, 0.4) is 0 Å². The topological polar surface area (TPSA) is 49.7 Å². The van der Waals surface area contributed by atoms with Crippen LogP contribution in [-0.4, -0.2) is 28.7 Å². The van der Waals surface area contributed by atoms with Crippen molar-refractivity contribution in [1.82, 2.24) is 0 Å². The monoisotopic (exact) mass is 228 g/mol. The van der Waals surface area contributed by atoms with Crippen molar-refractivity contribution < 1.29 is 14.9 Å². The highest BCUT2D eigenvalue weighted by atomic mass is 32.2. The standard InChI is InChI=1S/C11H16O3S/c1-11(2,13)7-15-8-4-5-10(14-3)9(12)6-8/h4-6,12-13H,7H2,1-3H3. The number of benzene rings is 1. The molecule has 0 radical (unpaired) electrons. The van der Waals surface area contributed by atoms with Gasteiger partial charge in [0.15, 0.2) is 11.5 Å². The van der Waals surface area contributed by atoms with Crippen LogP contribution in [0.1, 0.15) is 13.8 Å². The van der Waals surface area contributed by atoms with E-state index in [2.05, 4.69) is 0 Å². The Hall–Kier alpha value is -0.870. The number of aliphatic hydroxyl groups is 1. The van der Waals surface area contributed by atoms with Crippen LogP contribution in [-0.2, 0) is 0 Å². The van der Waals surface area contributed by atoms with Crippen LogP contribution in [0.15, 0.2) is 23.1 Å². The second kappa shape index (κ2) is 4.77. The molecular formula is C11H16O3S. The molecule has 2 N–H and O–H groups in total. The zero-order valence-electron chi connectivity index (χ0n) is 9.15. The van der Waals surface area contributed by atoms with Gasteiger partial charge in [-0.15, -0.1) is 11.8 Å². The lowest BCUT2D eigenvalue weighted by Gasteiger charge is -2.16. The van der Waals surface area contributed by atoms with E-state index in [9.17, 15) is 10.2 Å². The second-order valence-corrected chi connectivity index (χ2v) is 4.98. The molecule has 1 aromatic rings. The quantitative estimate of drug-likeness (QED) is 0.776. The summed E-state index contributed by atoms with van der Waals surface area (Å²) in [6.45, 7) is 3.51. The van der Waals surface area contributed by atoms with Gasteiger partial charge in [0.1, 0.15) is 0 Å². The van der Waals surface area contributed by atoms with Crippen molar-refractivity contribution in [3.63, 3.8) is 0 Å². The summed E-state index contributed by atoms with van der Waals surface area (Å²) in [5.74, 6) is 1.17. The summed E-state index contributed by atoms with van der Waals surface area (Å²) in [4.78, 5) is 0.912. The first-order chi connectivity index (χ1) is 6.92. The maximum Gasteiger partial charge on any atom is 0.160 e. The molecule has 0 atom stereocenters. The lowest BCUT2D eigenvalue weighted by Crippen LogP contribution is -2.21. The summed E-state index contributed by atoms with van der Waals surface area (Å²) in [6, 6.07) is 5.20. The predicted molar refractivity (Wildman–Crippen MR) is 61.7 cm³/mol. The van der Waals surface area contributed by atoms with E-state index in [1.54, 1.807) is 26.0 Å². The molecule has 0 spiro atoms. The van der Waals surface area contributed by atoms with Crippen molar-refractivity contribution in [1.29, 1.82) is 0 Å². The number of methoxy groups -OCH3 is 1. The number of ether oxygens (including phenoxy) is 1. The van der Waals surface area contributed by atoms with Gasteiger partial charge in [-0.25, -0.2) is 0 Å². The van der Waals surface area contributed by atoms with E-state index in [1.165, 1.54) is 18.9 Å². The van der Waals surface area contributed by atoms with Crippen LogP contribution in [0.5, 0.6) is 11.5 Å². The highest BCUT2D eigenvalue weighted by molar-refractivity contribution is 7.99. The smallest absolute Gasteiger partial charge is 0.160 e. The number of thioether (sulfide) groups is 1. The predicted octanol–water partition coefficient (Wildman–Crippen LogP) is 2.26. The molecule has 1 aromatic carbocycles. The zero-order valence-corrected chi connectivity index (χ0v) is 9.97. The third-order valence-corrected chi connectivity index (χ3v) is 3.18. The lowest BCUT2D eigenvalue weighted by atomic mass is 10.2. The number of phenolic OH excluding ortho intramolecular Hbond substituents is 1. The van der Waals surface area contributed by atoms with Gasteiger partial charge in [0.25, 0.3) is 0 Å². The first-order valence-corrected chi connectivity index (χ1v) is 5.63. The van der Waals surface area contributed by atoms with E-state index in [0.29, 0.717) is 11.5 Å². The highest BCUT2D eigenvalue weighted by Gasteiger charge is 2.13. The molecule has 0 aliphatic rings. The molecule has 0 unspecified atom stereocenters. The minimum absolute atomic E-state index is 0.123. The van der Waals surface area contributed by atoms with Crippen molar-refractivity contribution in [2.24, 2.45) is 0 Å². The molecule has 0 saturated heterocycles. The van der Waals surface area contributed by atoms with Crippen molar-refractivity contribution in [2.45, 2.75) is 24.3 Å². The van der Waals surface area contributed by atoms with Gasteiger partial charge in [0.2, 0.25) is 0 Å². The van der Waals surface area contributed by atoms with Gasteiger partial charge in [-0.1, -0.05) is 0 Å². The molecule has 0 aliphatic heterocycles. The fraction of sp³-hybridized carbons (Fsp3) is 0.455. The molecule has 3 nitrogen and oxygen atoms in total. The van der Waals surface area contributed by atoms with Gasteiger partial charge in [-0.05, 0) is 32.0 Å². The summed E-state index contributed by atoms with van der Waals surface area (Å²) in [5, 5.41) is 19.1. The molecule has 4 heteroatoms. The Morgan fingerprint density at radius 2 is 2.07 bits per heavy atom. The Kier molecular flexibility index (Phi) is 3.88. The molecule has 1 rings (SSSR count). The Labute approximate surface area is 94.1 Å². The van der Waals surface area contributed by atoms with Crippen molar-refractivity contribution in [3.8, 4) is 11.5 Å². The Balaban J connectivity index is 2.68. The van der Waals surface area contributed by atoms with E-state index in [4.69, 9.17) is 4.74 Å². The summed E-state index contributed by atoms with van der Waals surface area (Å²) < 4.78 is 4.94. The molecule has 0 bridgehead atoms. The third-order valence-electron chi connectivity index (χ3n) is 1.74. The molecule has 0 amide bonds. The molecular weight excluding hydrogens is 212 g/mol. The maximum atomic E-state index is 9.54. The van der Waals surface area contributed by atoms with Gasteiger partial charge in [-0.2, -0.15) is 0 Å². The normalized spacial score (nSPS) is 11.5. The minimum atomic E-state index is -0.708. The molecule has 0 heterocycles. The zero-order chi connectivity index (χ0) is 11.5. The summed E-state index contributed by atoms with van der Waals surface area (Å²) in [6.07, 6.45) is 0. The van der Waals surface area contributed by atoms with Crippen LogP contribution >= 0.6 is 11.8 Å². The number of hydrogen-bond acceptors (Lipinski definition) is 4. The number of aromatic hydroxyl groups is 1. The molecule has 0 fully saturated rings. The highest BCUT2D eigenvalue weighted by Crippen LogP contribution is 2.31. The van der Waals surface area contributed by atoms with Crippen LogP contribution in [0.25, 0.3) is 0 Å². The molecule has 84 valence electrons. The Morgan fingerprint density at radius 1 is 1.40 bits per heavy atom. The van der Waals surface area contributed by atoms with E-state index in [1.807, 2.05) is 6.07 Å². The maximum absolute atomic E-state index is 9.54. The van der Waals surface area contributed by atoms with Crippen molar-refractivity contribution in [3.05, 3.63) is 18.2 Å². The average molecular weight is 228 g/mol. The lowest BCUT2D eigenvalue weighted by molar-refractivity contribution is 0.107. The third kappa shape index (κ3) is 4.01. The van der Waals surface area contributed by atoms with Crippen LogP contribution in [0.2, 0.25) is 0 Å². The number of hydrogen-bond donors (Lipinski definition) is 2. The Bertz CT molecular complexity index is 331. The van der Waals surface area contributed by atoms with E-state index < -0.39 is 5.60 Å². The molecule has 0 saturated carbocycles. The first kappa shape index (κ1) is 12.2. The fourth-order valence-electron chi connectivity index (χ4n) is 1.02. The Morgan fingerprint density at radius 3 is 2.53 bits per heavy atom. The molecule has 0 aliphatic carbocycles. The second-order valence-electron chi connectivity index (χ2n) is 3.93. The minimum Gasteiger partial charge on any atom is -0.504 e. The van der Waals surface area contributed by atoms with Crippen molar-refractivity contribution >= 4 is 11.8 Å².